The van der Waals surface area contributed by atoms with Crippen LogP contribution < -0.4 is 10.6 Å². The average molecular weight is 307 g/mol. The highest BCUT2D eigenvalue weighted by Gasteiger charge is 2.23. The first-order chi connectivity index (χ1) is 10.9. The fraction of sp³-hybridized carbons (Fsp3) is 0.263. The number of pyridine rings is 1. The Morgan fingerprint density at radius 2 is 2.09 bits per heavy atom. The predicted octanol–water partition coefficient (Wildman–Crippen LogP) is 3.62. The highest BCUT2D eigenvalue weighted by atomic mass is 16.1. The van der Waals surface area contributed by atoms with E-state index >= 15 is 0 Å². The molecule has 1 aromatic heterocycles. The van der Waals surface area contributed by atoms with Gasteiger partial charge in [-0.2, -0.15) is 0 Å². The molecule has 4 heteroatoms. The summed E-state index contributed by atoms with van der Waals surface area (Å²) in [6.07, 6.45) is 3.91. The number of amides is 1. The normalized spacial score (nSPS) is 15.2. The number of nitrogens with zero attached hydrogens (tertiary/aromatic N) is 1. The van der Waals surface area contributed by atoms with Crippen molar-refractivity contribution in [2.75, 3.05) is 5.32 Å². The quantitative estimate of drug-likeness (QED) is 0.910. The van der Waals surface area contributed by atoms with Crippen LogP contribution >= 0.6 is 0 Å². The van der Waals surface area contributed by atoms with Gasteiger partial charge in [-0.1, -0.05) is 12.1 Å². The molecular weight excluding hydrogens is 286 g/mol. The number of nitrogens with one attached hydrogen (secondary N) is 2. The summed E-state index contributed by atoms with van der Waals surface area (Å²) in [6, 6.07) is 11.4. The van der Waals surface area contributed by atoms with Crippen LogP contribution in [-0.4, -0.2) is 16.4 Å². The summed E-state index contributed by atoms with van der Waals surface area (Å²) < 4.78 is 0. The number of carbonyl (C=O) groups excluding carboxylic acids is 1. The molecule has 0 atom stereocenters. The van der Waals surface area contributed by atoms with E-state index in [1.54, 1.807) is 6.20 Å². The minimum atomic E-state index is -0.0870. The molecule has 3 rings (SSSR count). The molecule has 1 aliphatic rings. The van der Waals surface area contributed by atoms with Gasteiger partial charge in [0.1, 0.15) is 0 Å². The Balaban J connectivity index is 1.77. The van der Waals surface area contributed by atoms with E-state index in [9.17, 15) is 4.79 Å². The van der Waals surface area contributed by atoms with Gasteiger partial charge in [0, 0.05) is 23.0 Å². The molecule has 23 heavy (non-hydrogen) atoms. The molecule has 1 amide bonds. The molecule has 4 nitrogen and oxygen atoms in total. The van der Waals surface area contributed by atoms with Gasteiger partial charge in [-0.25, -0.2) is 0 Å². The van der Waals surface area contributed by atoms with E-state index in [0.717, 1.165) is 16.9 Å². The van der Waals surface area contributed by atoms with E-state index in [1.165, 1.54) is 5.57 Å². The van der Waals surface area contributed by atoms with Crippen LogP contribution in [0.3, 0.4) is 0 Å². The lowest BCUT2D eigenvalue weighted by molar-refractivity contribution is 0.0950. The predicted molar refractivity (Wildman–Crippen MR) is 93.2 cm³/mol. The number of fused-ring (bicyclic) bond motifs is 1. The number of hydrogen-bond acceptors (Lipinski definition) is 3. The second-order valence-corrected chi connectivity index (χ2v) is 6.44. The van der Waals surface area contributed by atoms with Gasteiger partial charge < -0.3 is 10.6 Å². The average Bonchev–Trinajstić information content (AvgIpc) is 2.52. The van der Waals surface area contributed by atoms with Crippen LogP contribution in [0, 0.1) is 0 Å². The fourth-order valence-corrected chi connectivity index (χ4v) is 2.90. The molecule has 2 heterocycles. The summed E-state index contributed by atoms with van der Waals surface area (Å²) in [4.78, 5) is 16.6. The molecule has 1 aromatic carbocycles. The molecule has 0 unspecified atom stereocenters. The van der Waals surface area contributed by atoms with E-state index in [-0.39, 0.29) is 11.4 Å². The first kappa shape index (κ1) is 15.3. The standard InChI is InChI=1S/C19H21N3O/c1-13-11-19(2,3)22-17-8-7-14(10-16(13)17)18(23)21-12-15-6-4-5-9-20-15/h4-11,22H,12H2,1-3H3,(H,21,23). The zero-order valence-electron chi connectivity index (χ0n) is 13.7. The third-order valence-corrected chi connectivity index (χ3v) is 3.90. The van der Waals surface area contributed by atoms with Gasteiger partial charge in [-0.3, -0.25) is 9.78 Å². The van der Waals surface area contributed by atoms with Crippen LogP contribution in [0.4, 0.5) is 5.69 Å². The van der Waals surface area contributed by atoms with Crippen LogP contribution in [0.15, 0.2) is 48.7 Å². The Hall–Kier alpha value is -2.62. The van der Waals surface area contributed by atoms with E-state index in [1.807, 2.05) is 36.4 Å². The molecule has 0 spiro atoms. The number of carbonyl (C=O) groups is 1. The summed E-state index contributed by atoms with van der Waals surface area (Å²) in [5, 5.41) is 6.38. The molecule has 2 aromatic rings. The van der Waals surface area contributed by atoms with Gasteiger partial charge in [-0.15, -0.1) is 0 Å². The van der Waals surface area contributed by atoms with Crippen LogP contribution in [0.2, 0.25) is 0 Å². The van der Waals surface area contributed by atoms with Crippen molar-refractivity contribution in [1.29, 1.82) is 0 Å². The topological polar surface area (TPSA) is 54.0 Å². The van der Waals surface area contributed by atoms with Crippen molar-refractivity contribution in [1.82, 2.24) is 10.3 Å². The Labute approximate surface area is 136 Å². The second kappa shape index (κ2) is 5.88. The molecule has 0 aliphatic carbocycles. The zero-order valence-corrected chi connectivity index (χ0v) is 13.7. The number of aromatic nitrogens is 1. The Morgan fingerprint density at radius 1 is 1.26 bits per heavy atom. The van der Waals surface area contributed by atoms with Crippen LogP contribution in [-0.2, 0) is 6.54 Å². The van der Waals surface area contributed by atoms with Gasteiger partial charge in [0.2, 0.25) is 0 Å². The summed E-state index contributed by atoms with van der Waals surface area (Å²) in [7, 11) is 0. The molecule has 0 bridgehead atoms. The summed E-state index contributed by atoms with van der Waals surface area (Å²) in [5.74, 6) is -0.0870. The molecule has 0 radical (unpaired) electrons. The monoisotopic (exact) mass is 307 g/mol. The molecule has 0 saturated carbocycles. The lowest BCUT2D eigenvalue weighted by Crippen LogP contribution is -2.31. The summed E-state index contributed by atoms with van der Waals surface area (Å²) >= 11 is 0. The Kier molecular flexibility index (Phi) is 3.90. The Bertz CT molecular complexity index is 763. The van der Waals surface area contributed by atoms with Crippen molar-refractivity contribution in [3.63, 3.8) is 0 Å². The summed E-state index contributed by atoms with van der Waals surface area (Å²) in [5.41, 5.74) is 4.77. The lowest BCUT2D eigenvalue weighted by atomic mass is 9.90. The fourth-order valence-electron chi connectivity index (χ4n) is 2.90. The van der Waals surface area contributed by atoms with E-state index in [2.05, 4.69) is 42.5 Å². The first-order valence-electron chi connectivity index (χ1n) is 7.75. The molecule has 0 saturated heterocycles. The highest BCUT2D eigenvalue weighted by molar-refractivity contribution is 5.96. The zero-order chi connectivity index (χ0) is 16.4. The molecule has 0 fully saturated rings. The lowest BCUT2D eigenvalue weighted by Gasteiger charge is -2.31. The number of hydrogen-bond donors (Lipinski definition) is 2. The van der Waals surface area contributed by atoms with Crippen LogP contribution in [0.25, 0.3) is 5.57 Å². The van der Waals surface area contributed by atoms with Gasteiger partial charge in [-0.05, 0) is 56.7 Å². The third-order valence-electron chi connectivity index (χ3n) is 3.90. The maximum absolute atomic E-state index is 12.4. The van der Waals surface area contributed by atoms with Crippen molar-refractivity contribution in [2.24, 2.45) is 0 Å². The van der Waals surface area contributed by atoms with Crippen LogP contribution in [0.1, 0.15) is 42.4 Å². The minimum Gasteiger partial charge on any atom is -0.376 e. The van der Waals surface area contributed by atoms with E-state index in [4.69, 9.17) is 0 Å². The third kappa shape index (κ3) is 3.42. The first-order valence-corrected chi connectivity index (χ1v) is 7.75. The molecule has 2 N–H and O–H groups in total. The van der Waals surface area contributed by atoms with Crippen LogP contribution in [0.5, 0.6) is 0 Å². The maximum atomic E-state index is 12.4. The molecule has 1 aliphatic heterocycles. The van der Waals surface area contributed by atoms with Gasteiger partial charge >= 0.3 is 0 Å². The largest absolute Gasteiger partial charge is 0.376 e. The minimum absolute atomic E-state index is 0.0696. The maximum Gasteiger partial charge on any atom is 0.251 e. The van der Waals surface area contributed by atoms with Gasteiger partial charge in [0.25, 0.3) is 5.91 Å². The van der Waals surface area contributed by atoms with Gasteiger partial charge in [0.15, 0.2) is 0 Å². The molecular formula is C19H21N3O. The van der Waals surface area contributed by atoms with Crippen molar-refractivity contribution >= 4 is 17.2 Å². The van der Waals surface area contributed by atoms with E-state index < -0.39 is 0 Å². The SMILES string of the molecule is CC1=CC(C)(C)Nc2ccc(C(=O)NCc3ccccn3)cc21. The highest BCUT2D eigenvalue weighted by Crippen LogP contribution is 2.33. The number of benzene rings is 1. The van der Waals surface area contributed by atoms with Gasteiger partial charge in [0.05, 0.1) is 17.8 Å². The second-order valence-electron chi connectivity index (χ2n) is 6.44. The van der Waals surface area contributed by atoms with E-state index in [0.29, 0.717) is 12.1 Å². The van der Waals surface area contributed by atoms with Crippen molar-refractivity contribution in [3.05, 3.63) is 65.5 Å². The molecule has 118 valence electrons. The number of anilines is 1. The number of rotatable bonds is 3. The smallest absolute Gasteiger partial charge is 0.251 e. The number of allylic oxidation sites excluding steroid dienone is 1. The van der Waals surface area contributed by atoms with Crippen molar-refractivity contribution in [2.45, 2.75) is 32.9 Å². The van der Waals surface area contributed by atoms with Crippen molar-refractivity contribution in [3.8, 4) is 0 Å². The summed E-state index contributed by atoms with van der Waals surface area (Å²) in [6.45, 7) is 6.77. The Morgan fingerprint density at radius 3 is 2.83 bits per heavy atom. The van der Waals surface area contributed by atoms with Crippen molar-refractivity contribution < 1.29 is 4.79 Å².